The lowest BCUT2D eigenvalue weighted by molar-refractivity contribution is 0.220. The summed E-state index contributed by atoms with van der Waals surface area (Å²) in [5, 5.41) is 9.33. The standard InChI is InChI=1S/C16H26O2/c1-4-6-9-14(5-2)12-18-16-13(3)8-7-10-15(16)11-17/h7-8,10,14,17H,4-6,9,11-12H2,1-3H3. The molecule has 1 atom stereocenters. The molecule has 1 aromatic carbocycles. The number of para-hydroxylation sites is 1. The monoisotopic (exact) mass is 250 g/mol. The van der Waals surface area contributed by atoms with Gasteiger partial charge in [-0.2, -0.15) is 0 Å². The third-order valence-corrected chi connectivity index (χ3v) is 3.47. The van der Waals surface area contributed by atoms with Crippen LogP contribution in [0.5, 0.6) is 5.75 Å². The fourth-order valence-electron chi connectivity index (χ4n) is 2.14. The van der Waals surface area contributed by atoms with Gasteiger partial charge in [0.25, 0.3) is 0 Å². The van der Waals surface area contributed by atoms with Gasteiger partial charge in [0.05, 0.1) is 13.2 Å². The molecule has 0 fully saturated rings. The number of hydrogen-bond donors (Lipinski definition) is 1. The maximum Gasteiger partial charge on any atom is 0.127 e. The average molecular weight is 250 g/mol. The first-order chi connectivity index (χ1) is 8.72. The van der Waals surface area contributed by atoms with Gasteiger partial charge in [-0.1, -0.05) is 51.3 Å². The quantitative estimate of drug-likeness (QED) is 0.753. The third kappa shape index (κ3) is 4.34. The number of rotatable bonds is 8. The summed E-state index contributed by atoms with van der Waals surface area (Å²) in [5.74, 6) is 1.49. The zero-order chi connectivity index (χ0) is 13.4. The van der Waals surface area contributed by atoms with E-state index in [2.05, 4.69) is 13.8 Å². The number of hydrogen-bond acceptors (Lipinski definition) is 2. The second kappa shape index (κ2) is 8.15. The Bertz CT molecular complexity index is 347. The molecule has 0 bridgehead atoms. The first kappa shape index (κ1) is 15.0. The normalized spacial score (nSPS) is 12.4. The second-order valence-electron chi connectivity index (χ2n) is 4.95. The van der Waals surface area contributed by atoms with E-state index in [1.807, 2.05) is 25.1 Å². The van der Waals surface area contributed by atoms with Gasteiger partial charge in [-0.25, -0.2) is 0 Å². The Morgan fingerprint density at radius 2 is 2.06 bits per heavy atom. The van der Waals surface area contributed by atoms with E-state index in [1.54, 1.807) is 0 Å². The molecule has 0 aliphatic carbocycles. The van der Waals surface area contributed by atoms with Gasteiger partial charge < -0.3 is 9.84 Å². The molecule has 1 rings (SSSR count). The Morgan fingerprint density at radius 1 is 1.28 bits per heavy atom. The fraction of sp³-hybridized carbons (Fsp3) is 0.625. The van der Waals surface area contributed by atoms with Gasteiger partial charge in [0.2, 0.25) is 0 Å². The Labute approximate surface area is 111 Å². The van der Waals surface area contributed by atoms with E-state index in [-0.39, 0.29) is 6.61 Å². The SMILES string of the molecule is CCCCC(CC)COc1c(C)cccc1CO. The average Bonchev–Trinajstić information content (AvgIpc) is 2.40. The van der Waals surface area contributed by atoms with Crippen molar-refractivity contribution in [2.45, 2.75) is 53.1 Å². The largest absolute Gasteiger partial charge is 0.493 e. The third-order valence-electron chi connectivity index (χ3n) is 3.47. The molecule has 0 saturated carbocycles. The molecule has 0 spiro atoms. The van der Waals surface area contributed by atoms with Crippen LogP contribution in [-0.2, 0) is 6.61 Å². The summed E-state index contributed by atoms with van der Waals surface area (Å²) in [7, 11) is 0. The van der Waals surface area contributed by atoms with Gasteiger partial charge in [0.15, 0.2) is 0 Å². The van der Waals surface area contributed by atoms with Gasteiger partial charge in [-0.3, -0.25) is 0 Å². The lowest BCUT2D eigenvalue weighted by Gasteiger charge is -2.18. The van der Waals surface area contributed by atoms with Crippen molar-refractivity contribution >= 4 is 0 Å². The van der Waals surface area contributed by atoms with Crippen LogP contribution >= 0.6 is 0 Å². The minimum Gasteiger partial charge on any atom is -0.493 e. The summed E-state index contributed by atoms with van der Waals surface area (Å²) in [6.07, 6.45) is 4.89. The van der Waals surface area contributed by atoms with Crippen LogP contribution in [0.1, 0.15) is 50.7 Å². The molecule has 0 radical (unpaired) electrons. The molecule has 2 heteroatoms. The van der Waals surface area contributed by atoms with Crippen LogP contribution in [0.4, 0.5) is 0 Å². The van der Waals surface area contributed by atoms with E-state index >= 15 is 0 Å². The molecule has 0 aliphatic rings. The summed E-state index contributed by atoms with van der Waals surface area (Å²) in [5.41, 5.74) is 1.99. The van der Waals surface area contributed by atoms with Crippen LogP contribution in [0.25, 0.3) is 0 Å². The van der Waals surface area contributed by atoms with Crippen molar-refractivity contribution in [1.82, 2.24) is 0 Å². The molecule has 0 heterocycles. The van der Waals surface area contributed by atoms with E-state index in [0.29, 0.717) is 5.92 Å². The van der Waals surface area contributed by atoms with E-state index in [4.69, 9.17) is 4.74 Å². The highest BCUT2D eigenvalue weighted by Gasteiger charge is 2.10. The Morgan fingerprint density at radius 3 is 2.67 bits per heavy atom. The van der Waals surface area contributed by atoms with E-state index < -0.39 is 0 Å². The lowest BCUT2D eigenvalue weighted by atomic mass is 10.0. The Hall–Kier alpha value is -1.02. The molecule has 0 amide bonds. The molecule has 0 saturated heterocycles. The van der Waals surface area contributed by atoms with Crippen LogP contribution in [0, 0.1) is 12.8 Å². The first-order valence-corrected chi connectivity index (χ1v) is 7.05. The van der Waals surface area contributed by atoms with Gasteiger partial charge >= 0.3 is 0 Å². The molecule has 2 nitrogen and oxygen atoms in total. The highest BCUT2D eigenvalue weighted by Crippen LogP contribution is 2.25. The second-order valence-corrected chi connectivity index (χ2v) is 4.95. The number of benzene rings is 1. The van der Waals surface area contributed by atoms with Gasteiger partial charge in [-0.15, -0.1) is 0 Å². The highest BCUT2D eigenvalue weighted by molar-refractivity contribution is 5.40. The smallest absolute Gasteiger partial charge is 0.127 e. The van der Waals surface area contributed by atoms with Gasteiger partial charge in [0, 0.05) is 5.56 Å². The van der Waals surface area contributed by atoms with E-state index in [9.17, 15) is 5.11 Å². The van der Waals surface area contributed by atoms with Crippen molar-refractivity contribution in [2.24, 2.45) is 5.92 Å². The Kier molecular flexibility index (Phi) is 6.81. The maximum absolute atomic E-state index is 9.33. The van der Waals surface area contributed by atoms with Crippen LogP contribution < -0.4 is 4.74 Å². The topological polar surface area (TPSA) is 29.5 Å². The number of ether oxygens (including phenoxy) is 1. The van der Waals surface area contributed by atoms with Crippen molar-refractivity contribution < 1.29 is 9.84 Å². The molecular formula is C16H26O2. The van der Waals surface area contributed by atoms with Crippen molar-refractivity contribution in [3.63, 3.8) is 0 Å². The summed E-state index contributed by atoms with van der Waals surface area (Å²) < 4.78 is 5.95. The zero-order valence-electron chi connectivity index (χ0n) is 11.9. The van der Waals surface area contributed by atoms with E-state index in [0.717, 1.165) is 29.9 Å². The molecular weight excluding hydrogens is 224 g/mol. The van der Waals surface area contributed by atoms with Crippen molar-refractivity contribution in [1.29, 1.82) is 0 Å². The summed E-state index contributed by atoms with van der Waals surface area (Å²) in [4.78, 5) is 0. The Balaban J connectivity index is 2.61. The molecule has 0 aliphatic heterocycles. The molecule has 18 heavy (non-hydrogen) atoms. The number of aryl methyl sites for hydroxylation is 1. The van der Waals surface area contributed by atoms with Crippen LogP contribution in [0.3, 0.4) is 0 Å². The minimum atomic E-state index is 0.0444. The summed E-state index contributed by atoms with van der Waals surface area (Å²) >= 11 is 0. The number of aliphatic hydroxyl groups is 1. The fourth-order valence-corrected chi connectivity index (χ4v) is 2.14. The maximum atomic E-state index is 9.33. The number of unbranched alkanes of at least 4 members (excludes halogenated alkanes) is 1. The molecule has 1 aromatic rings. The first-order valence-electron chi connectivity index (χ1n) is 7.05. The molecule has 0 aromatic heterocycles. The lowest BCUT2D eigenvalue weighted by Crippen LogP contribution is -2.12. The molecule has 102 valence electrons. The van der Waals surface area contributed by atoms with Gasteiger partial charge in [0.1, 0.15) is 5.75 Å². The van der Waals surface area contributed by atoms with Crippen molar-refractivity contribution in [2.75, 3.05) is 6.61 Å². The predicted molar refractivity (Wildman–Crippen MR) is 75.9 cm³/mol. The zero-order valence-corrected chi connectivity index (χ0v) is 11.9. The van der Waals surface area contributed by atoms with E-state index in [1.165, 1.54) is 19.3 Å². The van der Waals surface area contributed by atoms with Crippen LogP contribution in [0.15, 0.2) is 18.2 Å². The minimum absolute atomic E-state index is 0.0444. The summed E-state index contributed by atoms with van der Waals surface area (Å²) in [6, 6.07) is 5.92. The molecule has 1 N–H and O–H groups in total. The van der Waals surface area contributed by atoms with Crippen LogP contribution in [0.2, 0.25) is 0 Å². The number of aliphatic hydroxyl groups excluding tert-OH is 1. The predicted octanol–water partition coefficient (Wildman–Crippen LogP) is 4.08. The summed E-state index contributed by atoms with van der Waals surface area (Å²) in [6.45, 7) is 7.27. The molecule has 1 unspecified atom stereocenters. The van der Waals surface area contributed by atoms with Crippen molar-refractivity contribution in [3.05, 3.63) is 29.3 Å². The highest BCUT2D eigenvalue weighted by atomic mass is 16.5. The van der Waals surface area contributed by atoms with Crippen molar-refractivity contribution in [3.8, 4) is 5.75 Å². The van der Waals surface area contributed by atoms with Gasteiger partial charge in [-0.05, 0) is 24.8 Å². The van der Waals surface area contributed by atoms with Crippen LogP contribution in [-0.4, -0.2) is 11.7 Å².